The van der Waals surface area contributed by atoms with Crippen molar-refractivity contribution in [3.8, 4) is 5.75 Å². The normalized spacial score (nSPS) is 18.5. The van der Waals surface area contributed by atoms with E-state index in [0.29, 0.717) is 11.6 Å². The van der Waals surface area contributed by atoms with Crippen molar-refractivity contribution >= 4 is 16.0 Å². The number of carbonyl (C=O) groups is 1. The van der Waals surface area contributed by atoms with Gasteiger partial charge in [0.2, 0.25) is 0 Å². The van der Waals surface area contributed by atoms with Crippen molar-refractivity contribution in [1.29, 1.82) is 0 Å². The number of hydrogen-bond donors (Lipinski definition) is 1. The highest BCUT2D eigenvalue weighted by Crippen LogP contribution is 2.26. The van der Waals surface area contributed by atoms with E-state index in [1.54, 1.807) is 19.2 Å². The molecule has 32 heavy (non-hydrogen) atoms. The summed E-state index contributed by atoms with van der Waals surface area (Å²) in [6.45, 7) is 1.84. The third-order valence-corrected chi connectivity index (χ3v) is 6.68. The lowest BCUT2D eigenvalue weighted by Gasteiger charge is -2.41. The Hall–Kier alpha value is -2.42. The Kier molecular flexibility index (Phi) is 9.24. The number of carbonyl (C=O) groups excluding carboxylic acids is 1. The number of amides is 1. The molecule has 2 atom stereocenters. The van der Waals surface area contributed by atoms with E-state index in [4.69, 9.17) is 9.29 Å². The molecule has 0 bridgehead atoms. The molecule has 3 rings (SSSR count). The Morgan fingerprint density at radius 3 is 2.12 bits per heavy atom. The van der Waals surface area contributed by atoms with Crippen LogP contribution in [0.1, 0.15) is 41.6 Å². The molecule has 0 radical (unpaired) electrons. The molecule has 1 aliphatic carbocycles. The molecular formula is C24H34N2O5S. The second-order valence-corrected chi connectivity index (χ2v) is 9.74. The molecule has 176 valence electrons. The fourth-order valence-corrected chi connectivity index (χ4v) is 4.45. The predicted octanol–water partition coefficient (Wildman–Crippen LogP) is 3.88. The Morgan fingerprint density at radius 1 is 1.00 bits per heavy atom. The van der Waals surface area contributed by atoms with Gasteiger partial charge in [0.05, 0.1) is 12.0 Å². The topological polar surface area (TPSA) is 87.2 Å². The Morgan fingerprint density at radius 2 is 1.59 bits per heavy atom. The maximum Gasteiger partial charge on any atom is 0.294 e. The second kappa shape index (κ2) is 11.4. The van der Waals surface area contributed by atoms with E-state index in [9.17, 15) is 13.2 Å². The van der Waals surface area contributed by atoms with Crippen molar-refractivity contribution < 1.29 is 22.5 Å². The van der Waals surface area contributed by atoms with Crippen LogP contribution in [0.4, 0.5) is 0 Å². The highest BCUT2D eigenvalue weighted by molar-refractivity contribution is 7.85. The molecule has 8 heteroatoms. The molecule has 1 fully saturated rings. The van der Waals surface area contributed by atoms with Crippen LogP contribution in [0.25, 0.3) is 0 Å². The molecule has 1 saturated carbocycles. The van der Waals surface area contributed by atoms with Gasteiger partial charge in [0.1, 0.15) is 5.75 Å². The fraction of sp³-hybridized carbons (Fsp3) is 0.458. The first-order chi connectivity index (χ1) is 15.0. The lowest BCUT2D eigenvalue weighted by atomic mass is 9.88. The van der Waals surface area contributed by atoms with Gasteiger partial charge in [-0.05, 0) is 64.2 Å². The Bertz CT molecular complexity index is 990. The van der Waals surface area contributed by atoms with Crippen molar-refractivity contribution in [2.45, 2.75) is 49.6 Å². The molecule has 1 amide bonds. The summed E-state index contributed by atoms with van der Waals surface area (Å²) in [5, 5.41) is 0. The first-order valence-corrected chi connectivity index (χ1v) is 12.1. The zero-order valence-electron chi connectivity index (χ0n) is 19.5. The van der Waals surface area contributed by atoms with Crippen LogP contribution >= 0.6 is 0 Å². The highest BCUT2D eigenvalue weighted by atomic mass is 32.2. The van der Waals surface area contributed by atoms with Crippen molar-refractivity contribution in [1.82, 2.24) is 9.80 Å². The molecule has 0 aromatic heterocycles. The fourth-order valence-electron chi connectivity index (χ4n) is 3.97. The van der Waals surface area contributed by atoms with E-state index in [1.807, 2.05) is 43.1 Å². The molecule has 2 aromatic carbocycles. The van der Waals surface area contributed by atoms with E-state index in [0.717, 1.165) is 24.2 Å². The number of hydrogen-bond acceptors (Lipinski definition) is 5. The third kappa shape index (κ3) is 7.05. The van der Waals surface area contributed by atoms with Crippen molar-refractivity contribution in [2.24, 2.45) is 0 Å². The number of likely N-dealkylation sites (N-methyl/N-ethyl adjacent to an activating group) is 2. The van der Waals surface area contributed by atoms with Crippen LogP contribution in [0.5, 0.6) is 5.75 Å². The summed E-state index contributed by atoms with van der Waals surface area (Å²) in [6, 6.07) is 14.1. The van der Waals surface area contributed by atoms with Crippen molar-refractivity contribution in [3.05, 3.63) is 59.7 Å². The van der Waals surface area contributed by atoms with Gasteiger partial charge in [0.25, 0.3) is 16.0 Å². The summed E-state index contributed by atoms with van der Waals surface area (Å²) in [4.78, 5) is 16.8. The average molecular weight is 463 g/mol. The number of aryl methyl sites for hydroxylation is 1. The van der Waals surface area contributed by atoms with Gasteiger partial charge in [-0.3, -0.25) is 9.35 Å². The predicted molar refractivity (Wildman–Crippen MR) is 126 cm³/mol. The van der Waals surface area contributed by atoms with Crippen LogP contribution in [0.3, 0.4) is 0 Å². The molecule has 7 nitrogen and oxygen atoms in total. The van der Waals surface area contributed by atoms with Gasteiger partial charge in [0, 0.05) is 24.7 Å². The number of ether oxygens (including phenoxy) is 1. The molecule has 0 saturated heterocycles. The van der Waals surface area contributed by atoms with Gasteiger partial charge in [-0.2, -0.15) is 8.42 Å². The largest absolute Gasteiger partial charge is 0.497 e. The van der Waals surface area contributed by atoms with Gasteiger partial charge in [-0.1, -0.05) is 36.6 Å². The Labute approximate surface area is 191 Å². The van der Waals surface area contributed by atoms with Gasteiger partial charge in [-0.15, -0.1) is 0 Å². The minimum absolute atomic E-state index is 0.0666. The maximum atomic E-state index is 12.7. The Balaban J connectivity index is 0.000000278. The standard InChI is InChI=1S/C17H26N2O2.C7H8O3S/c1-18(2)15-10-5-6-11-16(15)19(3)17(20)13-8-7-9-14(12-13)21-4;1-6-2-4-7(5-3-6)11(8,9)10/h7-9,12,15-16H,5-6,10-11H2,1-4H3;2-5H,1H3,(H,8,9,10). The zero-order valence-corrected chi connectivity index (χ0v) is 20.3. The molecule has 2 aromatic rings. The highest BCUT2D eigenvalue weighted by Gasteiger charge is 2.32. The second-order valence-electron chi connectivity index (χ2n) is 8.32. The average Bonchev–Trinajstić information content (AvgIpc) is 2.78. The summed E-state index contributed by atoms with van der Waals surface area (Å²) in [6.07, 6.45) is 4.69. The number of methoxy groups -OCH3 is 1. The lowest BCUT2D eigenvalue weighted by Crippen LogP contribution is -2.51. The molecule has 2 unspecified atom stereocenters. The van der Waals surface area contributed by atoms with Gasteiger partial charge in [-0.25, -0.2) is 0 Å². The van der Waals surface area contributed by atoms with Gasteiger partial charge < -0.3 is 14.5 Å². The lowest BCUT2D eigenvalue weighted by molar-refractivity contribution is 0.0544. The monoisotopic (exact) mass is 462 g/mol. The van der Waals surface area contributed by atoms with E-state index >= 15 is 0 Å². The van der Waals surface area contributed by atoms with E-state index in [2.05, 4.69) is 19.0 Å². The van der Waals surface area contributed by atoms with Crippen molar-refractivity contribution in [2.75, 3.05) is 28.3 Å². The summed E-state index contributed by atoms with van der Waals surface area (Å²) in [5.41, 5.74) is 1.65. The molecule has 0 spiro atoms. The van der Waals surface area contributed by atoms with Crippen LogP contribution in [-0.2, 0) is 10.1 Å². The maximum absolute atomic E-state index is 12.7. The van der Waals surface area contributed by atoms with Crippen LogP contribution in [0, 0.1) is 6.92 Å². The summed E-state index contributed by atoms with van der Waals surface area (Å²) < 4.78 is 34.8. The quantitative estimate of drug-likeness (QED) is 0.679. The zero-order chi connectivity index (χ0) is 23.9. The molecule has 1 aliphatic rings. The summed E-state index contributed by atoms with van der Waals surface area (Å²) in [5.74, 6) is 0.801. The number of rotatable bonds is 5. The summed E-state index contributed by atoms with van der Waals surface area (Å²) in [7, 11) is 3.73. The number of benzene rings is 2. The van der Waals surface area contributed by atoms with Gasteiger partial charge >= 0.3 is 0 Å². The molecule has 1 N–H and O–H groups in total. The van der Waals surface area contributed by atoms with Crippen LogP contribution < -0.4 is 4.74 Å². The smallest absolute Gasteiger partial charge is 0.294 e. The first-order valence-electron chi connectivity index (χ1n) is 10.7. The van der Waals surface area contributed by atoms with E-state index < -0.39 is 10.1 Å². The minimum atomic E-state index is -4.02. The van der Waals surface area contributed by atoms with Crippen LogP contribution in [0.2, 0.25) is 0 Å². The van der Waals surface area contributed by atoms with Crippen LogP contribution in [0.15, 0.2) is 53.4 Å². The number of nitrogens with zero attached hydrogens (tertiary/aromatic N) is 2. The van der Waals surface area contributed by atoms with Crippen LogP contribution in [-0.4, -0.2) is 69.0 Å². The SMILES string of the molecule is COc1cccc(C(=O)N(C)C2CCCCC2N(C)C)c1.Cc1ccc(S(=O)(=O)O)cc1. The van der Waals surface area contributed by atoms with Gasteiger partial charge in [0.15, 0.2) is 0 Å². The molecule has 0 aliphatic heterocycles. The minimum Gasteiger partial charge on any atom is -0.497 e. The summed E-state index contributed by atoms with van der Waals surface area (Å²) >= 11 is 0. The first kappa shape index (κ1) is 25.8. The van der Waals surface area contributed by atoms with Crippen molar-refractivity contribution in [3.63, 3.8) is 0 Å². The van der Waals surface area contributed by atoms with E-state index in [-0.39, 0.29) is 16.8 Å². The molecular weight excluding hydrogens is 428 g/mol. The third-order valence-electron chi connectivity index (χ3n) is 5.81. The van der Waals surface area contributed by atoms with E-state index in [1.165, 1.54) is 25.0 Å². The molecule has 0 heterocycles.